The third-order valence-electron chi connectivity index (χ3n) is 5.17. The van der Waals surface area contributed by atoms with Gasteiger partial charge in [0.15, 0.2) is 5.82 Å². The Bertz CT molecular complexity index is 1230. The lowest BCUT2D eigenvalue weighted by Gasteiger charge is -2.13. The predicted molar refractivity (Wildman–Crippen MR) is 109 cm³/mol. The van der Waals surface area contributed by atoms with E-state index in [0.717, 1.165) is 29.8 Å². The van der Waals surface area contributed by atoms with Crippen molar-refractivity contribution in [3.05, 3.63) is 78.0 Å². The Kier molecular flexibility index (Phi) is 4.78. The molecule has 4 aromatic rings. The van der Waals surface area contributed by atoms with Crippen LogP contribution in [0.5, 0.6) is 0 Å². The molecule has 1 fully saturated rings. The van der Waals surface area contributed by atoms with Gasteiger partial charge in [0, 0.05) is 23.9 Å². The lowest BCUT2D eigenvalue weighted by atomic mass is 10.1. The van der Waals surface area contributed by atoms with Crippen molar-refractivity contribution in [3.8, 4) is 17.3 Å². The van der Waals surface area contributed by atoms with Gasteiger partial charge in [0.2, 0.25) is 0 Å². The zero-order valence-corrected chi connectivity index (χ0v) is 16.7. The first-order chi connectivity index (χ1) is 15.1. The fourth-order valence-electron chi connectivity index (χ4n) is 3.22. The number of halogens is 1. The summed E-state index contributed by atoms with van der Waals surface area (Å²) in [6, 6.07) is 9.31. The molecule has 1 amide bonds. The van der Waals surface area contributed by atoms with Crippen LogP contribution in [0.2, 0.25) is 0 Å². The van der Waals surface area contributed by atoms with Crippen LogP contribution in [0.1, 0.15) is 53.6 Å². The smallest absolute Gasteiger partial charge is 0.271 e. The highest BCUT2D eigenvalue weighted by molar-refractivity contribution is 5.92. The summed E-state index contributed by atoms with van der Waals surface area (Å²) in [5.41, 5.74) is 1.79. The van der Waals surface area contributed by atoms with E-state index in [1.54, 1.807) is 41.2 Å². The number of imidazole rings is 1. The van der Waals surface area contributed by atoms with E-state index in [0.29, 0.717) is 17.6 Å². The van der Waals surface area contributed by atoms with Crippen LogP contribution in [-0.4, -0.2) is 30.6 Å². The van der Waals surface area contributed by atoms with Crippen molar-refractivity contribution in [2.75, 3.05) is 0 Å². The number of benzene rings is 1. The molecule has 1 atom stereocenters. The molecule has 1 N–H and O–H groups in total. The maximum atomic E-state index is 13.1. The normalized spacial score (nSPS) is 14.4. The molecule has 0 spiro atoms. The Morgan fingerprint density at radius 3 is 2.81 bits per heavy atom. The maximum absolute atomic E-state index is 13.1. The van der Waals surface area contributed by atoms with Gasteiger partial charge in [0.25, 0.3) is 11.8 Å². The molecule has 1 aromatic carbocycles. The second-order valence-electron chi connectivity index (χ2n) is 7.55. The molecular formula is C22H19FN6O2. The summed E-state index contributed by atoms with van der Waals surface area (Å²) < 4.78 is 20.1. The van der Waals surface area contributed by atoms with Gasteiger partial charge >= 0.3 is 0 Å². The summed E-state index contributed by atoms with van der Waals surface area (Å²) in [7, 11) is 0. The van der Waals surface area contributed by atoms with Crippen molar-refractivity contribution in [3.63, 3.8) is 0 Å². The molecule has 0 aliphatic heterocycles. The van der Waals surface area contributed by atoms with E-state index in [2.05, 4.69) is 25.4 Å². The average molecular weight is 418 g/mol. The fourth-order valence-corrected chi connectivity index (χ4v) is 3.22. The number of amides is 1. The van der Waals surface area contributed by atoms with Crippen molar-refractivity contribution in [2.24, 2.45) is 0 Å². The molecule has 1 saturated carbocycles. The summed E-state index contributed by atoms with van der Waals surface area (Å²) in [4.78, 5) is 25.6. The van der Waals surface area contributed by atoms with Crippen LogP contribution in [0, 0.1) is 5.82 Å². The number of nitrogens with zero attached hydrogens (tertiary/aromatic N) is 5. The number of hydrogen-bond acceptors (Lipinski definition) is 6. The summed E-state index contributed by atoms with van der Waals surface area (Å²) in [6.45, 7) is 1.83. The number of nitrogens with one attached hydrogen (secondary N) is 1. The third kappa shape index (κ3) is 4.07. The molecule has 8 nitrogen and oxygen atoms in total. The van der Waals surface area contributed by atoms with Crippen LogP contribution >= 0.6 is 0 Å². The van der Waals surface area contributed by atoms with Gasteiger partial charge in [0.05, 0.1) is 6.04 Å². The van der Waals surface area contributed by atoms with E-state index in [4.69, 9.17) is 4.52 Å². The fraction of sp³-hybridized carbons (Fsp3) is 0.227. The first kappa shape index (κ1) is 19.1. The summed E-state index contributed by atoms with van der Waals surface area (Å²) in [5, 5.41) is 6.90. The lowest BCUT2D eigenvalue weighted by molar-refractivity contribution is 0.0935. The van der Waals surface area contributed by atoms with Gasteiger partial charge in [-0.2, -0.15) is 4.98 Å². The Morgan fingerprint density at radius 1 is 1.23 bits per heavy atom. The molecule has 5 rings (SSSR count). The van der Waals surface area contributed by atoms with Crippen molar-refractivity contribution in [1.29, 1.82) is 0 Å². The minimum absolute atomic E-state index is 0.245. The highest BCUT2D eigenvalue weighted by Gasteiger charge is 2.29. The van der Waals surface area contributed by atoms with Gasteiger partial charge in [-0.25, -0.2) is 14.4 Å². The molecule has 156 valence electrons. The Morgan fingerprint density at radius 2 is 2.03 bits per heavy atom. The molecule has 0 saturated heterocycles. The number of hydrogen-bond donors (Lipinski definition) is 1. The molecule has 0 bridgehead atoms. The van der Waals surface area contributed by atoms with Gasteiger partial charge in [-0.3, -0.25) is 9.36 Å². The SMILES string of the molecule is CC(NC(=O)c1cn(-c2cc(-c3nc(C4CC4)no3)ccn2)cn1)c1ccc(F)cc1. The largest absolute Gasteiger partial charge is 0.344 e. The van der Waals surface area contributed by atoms with Gasteiger partial charge < -0.3 is 9.84 Å². The number of carbonyl (C=O) groups excluding carboxylic acids is 1. The van der Waals surface area contributed by atoms with Crippen LogP contribution in [-0.2, 0) is 0 Å². The second kappa shape index (κ2) is 7.75. The summed E-state index contributed by atoms with van der Waals surface area (Å²) in [6.07, 6.45) is 6.96. The number of pyridine rings is 1. The molecule has 9 heteroatoms. The monoisotopic (exact) mass is 418 g/mol. The number of aromatic nitrogens is 5. The molecule has 0 radical (unpaired) electrons. The predicted octanol–water partition coefficient (Wildman–Crippen LogP) is 3.82. The Balaban J connectivity index is 1.31. The first-order valence-corrected chi connectivity index (χ1v) is 9.97. The van der Waals surface area contributed by atoms with Gasteiger partial charge in [-0.15, -0.1) is 0 Å². The summed E-state index contributed by atoms with van der Waals surface area (Å²) in [5.74, 6) is 1.51. The van der Waals surface area contributed by atoms with Crippen molar-refractivity contribution >= 4 is 5.91 Å². The van der Waals surface area contributed by atoms with E-state index >= 15 is 0 Å². The minimum Gasteiger partial charge on any atom is -0.344 e. The molecular weight excluding hydrogens is 399 g/mol. The van der Waals surface area contributed by atoms with E-state index in [1.165, 1.54) is 18.5 Å². The highest BCUT2D eigenvalue weighted by Crippen LogP contribution is 2.38. The number of carbonyl (C=O) groups is 1. The Labute approximate surface area is 177 Å². The first-order valence-electron chi connectivity index (χ1n) is 9.97. The van der Waals surface area contributed by atoms with E-state index < -0.39 is 0 Å². The van der Waals surface area contributed by atoms with E-state index in [9.17, 15) is 9.18 Å². The van der Waals surface area contributed by atoms with Crippen LogP contribution in [0.4, 0.5) is 4.39 Å². The van der Waals surface area contributed by atoms with E-state index in [1.807, 2.05) is 6.92 Å². The molecule has 1 aliphatic carbocycles. The van der Waals surface area contributed by atoms with Crippen LogP contribution in [0.3, 0.4) is 0 Å². The van der Waals surface area contributed by atoms with Gasteiger partial charge in [-0.1, -0.05) is 17.3 Å². The topological polar surface area (TPSA) is 98.7 Å². The standard InChI is InChI=1S/C22H19FN6O2/c1-13(14-4-6-17(23)7-5-14)26-21(30)18-11-29(12-25-18)19-10-16(8-9-24-19)22-27-20(28-31-22)15-2-3-15/h4-13,15H,2-3H2,1H3,(H,26,30). The van der Waals surface area contributed by atoms with Crippen LogP contribution in [0.15, 0.2) is 59.6 Å². The van der Waals surface area contributed by atoms with Crippen molar-refractivity contribution in [1.82, 2.24) is 30.0 Å². The van der Waals surface area contributed by atoms with Crippen molar-refractivity contribution in [2.45, 2.75) is 31.7 Å². The minimum atomic E-state index is -0.335. The quantitative estimate of drug-likeness (QED) is 0.511. The molecule has 1 unspecified atom stereocenters. The van der Waals surface area contributed by atoms with Gasteiger partial charge in [0.1, 0.15) is 23.7 Å². The Hall–Kier alpha value is -3.88. The zero-order chi connectivity index (χ0) is 21.4. The highest BCUT2D eigenvalue weighted by atomic mass is 19.1. The molecule has 31 heavy (non-hydrogen) atoms. The summed E-state index contributed by atoms with van der Waals surface area (Å²) >= 11 is 0. The van der Waals surface area contributed by atoms with Crippen LogP contribution in [0.25, 0.3) is 17.3 Å². The maximum Gasteiger partial charge on any atom is 0.271 e. The molecule has 3 aromatic heterocycles. The van der Waals surface area contributed by atoms with Gasteiger partial charge in [-0.05, 0) is 49.6 Å². The third-order valence-corrected chi connectivity index (χ3v) is 5.17. The molecule has 3 heterocycles. The number of rotatable bonds is 6. The van der Waals surface area contributed by atoms with E-state index in [-0.39, 0.29) is 23.5 Å². The molecule has 1 aliphatic rings. The van der Waals surface area contributed by atoms with Crippen LogP contribution < -0.4 is 5.32 Å². The second-order valence-corrected chi connectivity index (χ2v) is 7.55. The lowest BCUT2D eigenvalue weighted by Crippen LogP contribution is -2.26. The van der Waals surface area contributed by atoms with Crippen molar-refractivity contribution < 1.29 is 13.7 Å². The zero-order valence-electron chi connectivity index (χ0n) is 16.7. The average Bonchev–Trinajstić information content (AvgIpc) is 3.30.